The van der Waals surface area contributed by atoms with E-state index in [0.717, 1.165) is 45.1 Å². The molecule has 0 spiro atoms. The Morgan fingerprint density at radius 2 is 1.60 bits per heavy atom. The van der Waals surface area contributed by atoms with E-state index in [0.29, 0.717) is 0 Å². The van der Waals surface area contributed by atoms with Crippen molar-refractivity contribution in [2.45, 2.75) is 12.3 Å². The Labute approximate surface area is 174 Å². The van der Waals surface area contributed by atoms with Gasteiger partial charge >= 0.3 is 0 Å². The molecule has 0 amide bonds. The maximum atomic E-state index is 14.2. The molecule has 5 rings (SSSR count). The Kier molecular flexibility index (Phi) is 4.81. The van der Waals surface area contributed by atoms with Gasteiger partial charge in [0.2, 0.25) is 0 Å². The molecule has 5 aromatic rings. The lowest BCUT2D eigenvalue weighted by Crippen LogP contribution is -2.07. The summed E-state index contributed by atoms with van der Waals surface area (Å²) in [5.74, 6) is -0.158. The molecule has 0 fully saturated rings. The second-order valence-electron chi connectivity index (χ2n) is 7.41. The molecule has 0 atom stereocenters. The summed E-state index contributed by atoms with van der Waals surface area (Å²) < 4.78 is 14.2. The molecule has 0 aliphatic carbocycles. The van der Waals surface area contributed by atoms with E-state index in [-0.39, 0.29) is 11.7 Å². The van der Waals surface area contributed by atoms with Crippen LogP contribution >= 0.6 is 0 Å². The van der Waals surface area contributed by atoms with E-state index in [4.69, 9.17) is 0 Å². The van der Waals surface area contributed by atoms with Crippen LogP contribution in [-0.2, 0) is 6.42 Å². The van der Waals surface area contributed by atoms with Gasteiger partial charge in [-0.15, -0.1) is 0 Å². The Bertz CT molecular complexity index is 1240. The number of hydrogen-bond acceptors (Lipinski definition) is 2. The minimum Gasteiger partial charge on any atom is -0.361 e. The number of nitrogens with one attached hydrogen (secondary N) is 1. The molecule has 0 saturated carbocycles. The number of rotatable bonds is 5. The second kappa shape index (κ2) is 7.91. The molecule has 3 heterocycles. The van der Waals surface area contributed by atoms with Crippen LogP contribution in [0.25, 0.3) is 22.0 Å². The molecule has 2 aromatic carbocycles. The Morgan fingerprint density at radius 1 is 0.833 bits per heavy atom. The van der Waals surface area contributed by atoms with Crippen molar-refractivity contribution >= 4 is 10.9 Å². The summed E-state index contributed by atoms with van der Waals surface area (Å²) in [6, 6.07) is 21.3. The van der Waals surface area contributed by atoms with Crippen LogP contribution in [0.15, 0.2) is 97.7 Å². The van der Waals surface area contributed by atoms with Crippen molar-refractivity contribution in [2.24, 2.45) is 0 Å². The Hall–Kier alpha value is -3.79. The molecule has 146 valence electrons. The van der Waals surface area contributed by atoms with Gasteiger partial charge < -0.3 is 4.98 Å². The average Bonchev–Trinajstić information content (AvgIpc) is 3.27. The fourth-order valence-electron chi connectivity index (χ4n) is 4.03. The zero-order chi connectivity index (χ0) is 20.3. The van der Waals surface area contributed by atoms with E-state index in [1.165, 1.54) is 6.07 Å². The van der Waals surface area contributed by atoms with Gasteiger partial charge in [-0.05, 0) is 82.1 Å². The number of aromatic amines is 1. The zero-order valence-corrected chi connectivity index (χ0v) is 16.3. The maximum Gasteiger partial charge on any atom is 0.123 e. The van der Waals surface area contributed by atoms with Crippen LogP contribution in [0.5, 0.6) is 0 Å². The van der Waals surface area contributed by atoms with Gasteiger partial charge in [0, 0.05) is 42.4 Å². The summed E-state index contributed by atoms with van der Waals surface area (Å²) in [5.41, 5.74) is 6.30. The fourth-order valence-corrected chi connectivity index (χ4v) is 4.03. The van der Waals surface area contributed by atoms with Crippen molar-refractivity contribution in [2.75, 3.05) is 0 Å². The highest BCUT2D eigenvalue weighted by atomic mass is 19.1. The minimum absolute atomic E-state index is 0.0765. The first-order chi connectivity index (χ1) is 14.8. The first kappa shape index (κ1) is 18.3. The van der Waals surface area contributed by atoms with E-state index >= 15 is 0 Å². The van der Waals surface area contributed by atoms with Crippen LogP contribution in [0.4, 0.5) is 4.39 Å². The fraction of sp³-hybridized carbons (Fsp3) is 0.0769. The van der Waals surface area contributed by atoms with Crippen LogP contribution in [0, 0.1) is 5.82 Å². The Balaban J connectivity index is 1.60. The molecule has 3 nitrogen and oxygen atoms in total. The van der Waals surface area contributed by atoms with Crippen LogP contribution in [0.1, 0.15) is 22.6 Å². The summed E-state index contributed by atoms with van der Waals surface area (Å²) in [4.78, 5) is 11.8. The smallest absolute Gasteiger partial charge is 0.123 e. The van der Waals surface area contributed by atoms with E-state index in [2.05, 4.69) is 33.2 Å². The highest BCUT2D eigenvalue weighted by molar-refractivity contribution is 5.85. The van der Waals surface area contributed by atoms with Gasteiger partial charge in [0.25, 0.3) is 0 Å². The van der Waals surface area contributed by atoms with Crippen molar-refractivity contribution in [3.8, 4) is 11.1 Å². The van der Waals surface area contributed by atoms with Gasteiger partial charge in [-0.25, -0.2) is 4.39 Å². The van der Waals surface area contributed by atoms with E-state index in [1.807, 2.05) is 55.0 Å². The average molecular weight is 393 g/mol. The summed E-state index contributed by atoms with van der Waals surface area (Å²) in [6.45, 7) is 0. The van der Waals surface area contributed by atoms with Gasteiger partial charge in [-0.3, -0.25) is 9.97 Å². The van der Waals surface area contributed by atoms with Gasteiger partial charge in [0.05, 0.1) is 0 Å². The van der Waals surface area contributed by atoms with Crippen LogP contribution < -0.4 is 0 Å². The lowest BCUT2D eigenvalue weighted by atomic mass is 9.85. The SMILES string of the molecule is Fc1ccc(CC(c2cccnc2)c2cccnc2)c(-c2ccc3[nH]ccc3c2)c1. The van der Waals surface area contributed by atoms with E-state index in [1.54, 1.807) is 18.5 Å². The highest BCUT2D eigenvalue weighted by Crippen LogP contribution is 2.34. The van der Waals surface area contributed by atoms with Gasteiger partial charge in [0.1, 0.15) is 5.82 Å². The van der Waals surface area contributed by atoms with E-state index in [9.17, 15) is 4.39 Å². The molecule has 0 radical (unpaired) electrons. The molecule has 0 aliphatic rings. The van der Waals surface area contributed by atoms with Crippen LogP contribution in [-0.4, -0.2) is 15.0 Å². The molecular weight excluding hydrogens is 373 g/mol. The summed E-state index contributed by atoms with van der Waals surface area (Å²) >= 11 is 0. The standard InChI is InChI=1S/C26H20FN3/c27-23-7-5-19(25(15-23)18-6-8-26-20(13-18)9-12-30-26)14-24(21-3-1-10-28-16-21)22-4-2-11-29-17-22/h1-13,15-17,24,30H,14H2. The third-order valence-corrected chi connectivity index (χ3v) is 5.53. The zero-order valence-electron chi connectivity index (χ0n) is 16.3. The number of pyridine rings is 2. The number of halogens is 1. The highest BCUT2D eigenvalue weighted by Gasteiger charge is 2.18. The third kappa shape index (κ3) is 3.60. The third-order valence-electron chi connectivity index (χ3n) is 5.53. The molecule has 0 aliphatic heterocycles. The second-order valence-corrected chi connectivity index (χ2v) is 7.41. The van der Waals surface area contributed by atoms with Crippen molar-refractivity contribution in [1.82, 2.24) is 15.0 Å². The number of hydrogen-bond donors (Lipinski definition) is 1. The normalized spacial score (nSPS) is 11.3. The first-order valence-corrected chi connectivity index (χ1v) is 9.94. The van der Waals surface area contributed by atoms with Crippen molar-refractivity contribution in [3.63, 3.8) is 0 Å². The van der Waals surface area contributed by atoms with Gasteiger partial charge in [0.15, 0.2) is 0 Å². The molecule has 1 N–H and O–H groups in total. The number of aromatic nitrogens is 3. The summed E-state index contributed by atoms with van der Waals surface area (Å²) in [5, 5.41) is 1.11. The van der Waals surface area contributed by atoms with Crippen molar-refractivity contribution in [3.05, 3.63) is 120 Å². The van der Waals surface area contributed by atoms with Gasteiger partial charge in [-0.1, -0.05) is 24.3 Å². The monoisotopic (exact) mass is 393 g/mol. The number of fused-ring (bicyclic) bond motifs is 1. The molecule has 4 heteroatoms. The van der Waals surface area contributed by atoms with Crippen LogP contribution in [0.2, 0.25) is 0 Å². The number of benzene rings is 2. The lowest BCUT2D eigenvalue weighted by molar-refractivity contribution is 0.627. The molecule has 0 bridgehead atoms. The molecular formula is C26H20FN3. The quantitative estimate of drug-likeness (QED) is 0.390. The maximum absolute atomic E-state index is 14.2. The topological polar surface area (TPSA) is 41.6 Å². The van der Waals surface area contributed by atoms with Crippen molar-refractivity contribution < 1.29 is 4.39 Å². The van der Waals surface area contributed by atoms with E-state index < -0.39 is 0 Å². The number of H-pyrrole nitrogens is 1. The van der Waals surface area contributed by atoms with Gasteiger partial charge in [-0.2, -0.15) is 0 Å². The lowest BCUT2D eigenvalue weighted by Gasteiger charge is -2.20. The summed E-state index contributed by atoms with van der Waals surface area (Å²) in [7, 11) is 0. The number of nitrogens with zero attached hydrogens (tertiary/aromatic N) is 2. The molecule has 0 unspecified atom stereocenters. The minimum atomic E-state index is -0.234. The Morgan fingerprint density at radius 3 is 2.30 bits per heavy atom. The molecule has 0 saturated heterocycles. The first-order valence-electron chi connectivity index (χ1n) is 9.94. The molecule has 30 heavy (non-hydrogen) atoms. The largest absolute Gasteiger partial charge is 0.361 e. The predicted octanol–water partition coefficient (Wildman–Crippen LogP) is 6.14. The molecule has 3 aromatic heterocycles. The van der Waals surface area contributed by atoms with Crippen molar-refractivity contribution in [1.29, 1.82) is 0 Å². The van der Waals surface area contributed by atoms with Crippen LogP contribution in [0.3, 0.4) is 0 Å². The predicted molar refractivity (Wildman–Crippen MR) is 118 cm³/mol. The summed E-state index contributed by atoms with van der Waals surface area (Å²) in [6.07, 6.45) is 9.98.